The standard InChI is InChI=1S/C13H12F3NO3/c1-20-13(19)10-3-2-4-17(10)12(18)7-5-8(14)11(16)9(15)6-7/h5-6,10H,2-4H2,1H3. The summed E-state index contributed by atoms with van der Waals surface area (Å²) in [6, 6.07) is 0.463. The predicted molar refractivity (Wildman–Crippen MR) is 62.4 cm³/mol. The largest absolute Gasteiger partial charge is 0.467 e. The summed E-state index contributed by atoms with van der Waals surface area (Å²) in [5, 5.41) is 0. The van der Waals surface area contributed by atoms with Crippen LogP contribution in [-0.2, 0) is 9.53 Å². The van der Waals surface area contributed by atoms with E-state index in [2.05, 4.69) is 4.74 Å². The summed E-state index contributed by atoms with van der Waals surface area (Å²) in [5.74, 6) is -5.83. The van der Waals surface area contributed by atoms with Gasteiger partial charge in [-0.1, -0.05) is 0 Å². The third-order valence-corrected chi connectivity index (χ3v) is 3.22. The summed E-state index contributed by atoms with van der Waals surface area (Å²) in [6.07, 6.45) is 1.00. The van der Waals surface area contributed by atoms with E-state index in [0.29, 0.717) is 25.0 Å². The molecule has 20 heavy (non-hydrogen) atoms. The van der Waals surface area contributed by atoms with Gasteiger partial charge in [0.05, 0.1) is 7.11 Å². The number of methoxy groups -OCH3 is 1. The molecule has 1 amide bonds. The number of amides is 1. The number of nitrogens with zero attached hydrogens (tertiary/aromatic N) is 1. The van der Waals surface area contributed by atoms with E-state index >= 15 is 0 Å². The number of ether oxygens (including phenoxy) is 1. The summed E-state index contributed by atoms with van der Waals surface area (Å²) in [5.41, 5.74) is -0.336. The predicted octanol–water partition coefficient (Wildman–Crippen LogP) is 1.88. The molecule has 0 radical (unpaired) electrons. The van der Waals surface area contributed by atoms with Gasteiger partial charge in [0.2, 0.25) is 0 Å². The second-order valence-corrected chi connectivity index (χ2v) is 4.43. The minimum Gasteiger partial charge on any atom is -0.467 e. The summed E-state index contributed by atoms with van der Waals surface area (Å²) in [7, 11) is 1.19. The fraction of sp³-hybridized carbons (Fsp3) is 0.385. The molecule has 1 saturated heterocycles. The van der Waals surface area contributed by atoms with Gasteiger partial charge in [0.1, 0.15) is 6.04 Å². The van der Waals surface area contributed by atoms with Crippen LogP contribution in [0.15, 0.2) is 12.1 Å². The quantitative estimate of drug-likeness (QED) is 0.616. The van der Waals surface area contributed by atoms with Crippen molar-refractivity contribution in [2.75, 3.05) is 13.7 Å². The van der Waals surface area contributed by atoms with Crippen molar-refractivity contribution in [3.05, 3.63) is 35.1 Å². The van der Waals surface area contributed by atoms with Crippen LogP contribution in [0.25, 0.3) is 0 Å². The number of halogens is 3. The zero-order chi connectivity index (χ0) is 14.9. The minimum atomic E-state index is -1.63. The van der Waals surface area contributed by atoms with E-state index in [1.165, 1.54) is 12.0 Å². The smallest absolute Gasteiger partial charge is 0.328 e. The molecule has 1 fully saturated rings. The zero-order valence-corrected chi connectivity index (χ0v) is 10.7. The maximum absolute atomic E-state index is 13.1. The molecule has 1 unspecified atom stereocenters. The van der Waals surface area contributed by atoms with Gasteiger partial charge in [-0.15, -0.1) is 0 Å². The van der Waals surface area contributed by atoms with Gasteiger partial charge in [-0.25, -0.2) is 18.0 Å². The summed E-state index contributed by atoms with van der Waals surface area (Å²) in [6.45, 7) is 0.277. The van der Waals surface area contributed by atoms with E-state index in [9.17, 15) is 22.8 Å². The van der Waals surface area contributed by atoms with Crippen LogP contribution in [0.4, 0.5) is 13.2 Å². The van der Waals surface area contributed by atoms with Crippen molar-refractivity contribution >= 4 is 11.9 Å². The molecule has 1 atom stereocenters. The average molecular weight is 287 g/mol. The van der Waals surface area contributed by atoms with Crippen molar-refractivity contribution in [3.8, 4) is 0 Å². The number of benzene rings is 1. The molecule has 1 aliphatic rings. The lowest BCUT2D eigenvalue weighted by molar-refractivity contribution is -0.145. The van der Waals surface area contributed by atoms with Crippen molar-refractivity contribution in [2.24, 2.45) is 0 Å². The Bertz CT molecular complexity index is 539. The van der Waals surface area contributed by atoms with Crippen LogP contribution in [0.3, 0.4) is 0 Å². The molecule has 1 heterocycles. The van der Waals surface area contributed by atoms with E-state index in [0.717, 1.165) is 0 Å². The molecule has 0 aliphatic carbocycles. The first kappa shape index (κ1) is 14.4. The topological polar surface area (TPSA) is 46.6 Å². The molecule has 1 aliphatic heterocycles. The Kier molecular flexibility index (Phi) is 3.96. The lowest BCUT2D eigenvalue weighted by Gasteiger charge is -2.22. The van der Waals surface area contributed by atoms with Gasteiger partial charge in [0, 0.05) is 12.1 Å². The second-order valence-electron chi connectivity index (χ2n) is 4.43. The number of hydrogen-bond acceptors (Lipinski definition) is 3. The highest BCUT2D eigenvalue weighted by molar-refractivity contribution is 5.97. The lowest BCUT2D eigenvalue weighted by atomic mass is 10.1. The summed E-state index contributed by atoms with van der Waals surface area (Å²) < 4.78 is 43.7. The van der Waals surface area contributed by atoms with Crippen LogP contribution < -0.4 is 0 Å². The molecule has 7 heteroatoms. The van der Waals surface area contributed by atoms with Gasteiger partial charge in [0.15, 0.2) is 17.5 Å². The number of hydrogen-bond donors (Lipinski definition) is 0. The molecule has 2 rings (SSSR count). The first-order valence-corrected chi connectivity index (χ1v) is 5.99. The van der Waals surface area contributed by atoms with E-state index in [1.54, 1.807) is 0 Å². The van der Waals surface area contributed by atoms with Crippen LogP contribution in [0.5, 0.6) is 0 Å². The van der Waals surface area contributed by atoms with E-state index in [4.69, 9.17) is 0 Å². The maximum atomic E-state index is 13.1. The molecule has 0 N–H and O–H groups in total. The molecule has 1 aromatic rings. The first-order chi connectivity index (χ1) is 9.45. The molecule has 0 saturated carbocycles. The van der Waals surface area contributed by atoms with Gasteiger partial charge < -0.3 is 9.64 Å². The van der Waals surface area contributed by atoms with Crippen molar-refractivity contribution in [1.82, 2.24) is 4.90 Å². The highest BCUT2D eigenvalue weighted by Crippen LogP contribution is 2.22. The molecular formula is C13H12F3NO3. The Hall–Kier alpha value is -2.05. The SMILES string of the molecule is COC(=O)C1CCCN1C(=O)c1cc(F)c(F)c(F)c1. The fourth-order valence-electron chi connectivity index (χ4n) is 2.24. The van der Waals surface area contributed by atoms with E-state index < -0.39 is 35.4 Å². The second kappa shape index (κ2) is 5.52. The third-order valence-electron chi connectivity index (χ3n) is 3.22. The highest BCUT2D eigenvalue weighted by atomic mass is 19.2. The van der Waals surface area contributed by atoms with Gasteiger partial charge >= 0.3 is 5.97 Å². The zero-order valence-electron chi connectivity index (χ0n) is 10.7. The highest BCUT2D eigenvalue weighted by Gasteiger charge is 2.35. The number of likely N-dealkylation sites (tertiary alicyclic amines) is 1. The molecular weight excluding hydrogens is 275 g/mol. The maximum Gasteiger partial charge on any atom is 0.328 e. The van der Waals surface area contributed by atoms with E-state index in [1.807, 2.05) is 0 Å². The first-order valence-electron chi connectivity index (χ1n) is 5.99. The van der Waals surface area contributed by atoms with Gasteiger partial charge in [-0.05, 0) is 25.0 Å². The summed E-state index contributed by atoms with van der Waals surface area (Å²) >= 11 is 0. The molecule has 4 nitrogen and oxygen atoms in total. The average Bonchev–Trinajstić information content (AvgIpc) is 2.91. The van der Waals surface area contributed by atoms with E-state index in [-0.39, 0.29) is 12.1 Å². The molecule has 1 aromatic carbocycles. The minimum absolute atomic E-state index is 0.277. The number of carbonyl (C=O) groups is 2. The van der Waals surface area contributed by atoms with Crippen molar-refractivity contribution in [2.45, 2.75) is 18.9 Å². The molecule has 0 spiro atoms. The monoisotopic (exact) mass is 287 g/mol. The van der Waals surface area contributed by atoms with Crippen LogP contribution in [0.1, 0.15) is 23.2 Å². The van der Waals surface area contributed by atoms with Crippen molar-refractivity contribution in [3.63, 3.8) is 0 Å². The normalized spacial score (nSPS) is 18.2. The Labute approximate surface area is 113 Å². The molecule has 0 aromatic heterocycles. The van der Waals surface area contributed by atoms with Crippen LogP contribution >= 0.6 is 0 Å². The van der Waals surface area contributed by atoms with Crippen LogP contribution in [0.2, 0.25) is 0 Å². The Morgan fingerprint density at radius 1 is 1.25 bits per heavy atom. The summed E-state index contributed by atoms with van der Waals surface area (Å²) in [4.78, 5) is 24.9. The van der Waals surface area contributed by atoms with Crippen LogP contribution in [0, 0.1) is 17.5 Å². The Morgan fingerprint density at radius 2 is 1.85 bits per heavy atom. The molecule has 0 bridgehead atoms. The number of carbonyl (C=O) groups excluding carboxylic acids is 2. The van der Waals surface area contributed by atoms with Gasteiger partial charge in [0.25, 0.3) is 5.91 Å². The van der Waals surface area contributed by atoms with Crippen LogP contribution in [-0.4, -0.2) is 36.5 Å². The van der Waals surface area contributed by atoms with Crippen molar-refractivity contribution in [1.29, 1.82) is 0 Å². The number of rotatable bonds is 2. The van der Waals surface area contributed by atoms with Gasteiger partial charge in [-0.2, -0.15) is 0 Å². The lowest BCUT2D eigenvalue weighted by Crippen LogP contribution is -2.41. The Morgan fingerprint density at radius 3 is 2.40 bits per heavy atom. The molecule has 108 valence electrons. The third kappa shape index (κ3) is 2.48. The number of esters is 1. The fourth-order valence-corrected chi connectivity index (χ4v) is 2.24. The Balaban J connectivity index is 2.29. The van der Waals surface area contributed by atoms with Gasteiger partial charge in [-0.3, -0.25) is 4.79 Å². The van der Waals surface area contributed by atoms with Crippen molar-refractivity contribution < 1.29 is 27.5 Å².